The lowest BCUT2D eigenvalue weighted by atomic mass is 9.87. The number of urea groups is 1. The molecule has 1 saturated heterocycles. The molecular formula is C19H22N4O4. The van der Waals surface area contributed by atoms with E-state index in [0.717, 1.165) is 16.3 Å². The zero-order valence-electron chi connectivity index (χ0n) is 15.5. The highest BCUT2D eigenvalue weighted by Crippen LogP contribution is 2.31. The van der Waals surface area contributed by atoms with Gasteiger partial charge in [0.1, 0.15) is 11.3 Å². The summed E-state index contributed by atoms with van der Waals surface area (Å²) in [7, 11) is 0. The fraction of sp³-hybridized carbons (Fsp3) is 0.368. The Hall–Kier alpha value is -3.16. The largest absolute Gasteiger partial charge is 0.361 e. The third-order valence-corrected chi connectivity index (χ3v) is 4.91. The number of carbonyl (C=O) groups is 3. The van der Waals surface area contributed by atoms with Crippen LogP contribution in [0.25, 0.3) is 0 Å². The van der Waals surface area contributed by atoms with Crippen LogP contribution >= 0.6 is 0 Å². The highest BCUT2D eigenvalue weighted by atomic mass is 16.5. The number of amides is 4. The van der Waals surface area contributed by atoms with Crippen molar-refractivity contribution in [1.82, 2.24) is 20.9 Å². The lowest BCUT2D eigenvalue weighted by Gasteiger charge is -2.25. The summed E-state index contributed by atoms with van der Waals surface area (Å²) < 4.78 is 5.08. The maximum Gasteiger partial charge on any atom is 0.344 e. The number of aromatic nitrogens is 1. The summed E-state index contributed by atoms with van der Waals surface area (Å²) in [5, 5.41) is 7.34. The molecule has 1 fully saturated rings. The molecule has 0 unspecified atom stereocenters. The molecule has 1 aliphatic heterocycles. The molecule has 2 N–H and O–H groups in total. The van der Waals surface area contributed by atoms with Crippen LogP contribution in [0.15, 0.2) is 34.9 Å². The molecule has 0 bridgehead atoms. The second-order valence-electron chi connectivity index (χ2n) is 6.53. The van der Waals surface area contributed by atoms with Gasteiger partial charge in [-0.3, -0.25) is 15.0 Å². The van der Waals surface area contributed by atoms with Crippen molar-refractivity contribution < 1.29 is 18.9 Å². The van der Waals surface area contributed by atoms with E-state index in [1.54, 1.807) is 38.1 Å². The Kier molecular flexibility index (Phi) is 4.98. The van der Waals surface area contributed by atoms with Gasteiger partial charge in [-0.1, -0.05) is 42.4 Å². The predicted molar refractivity (Wildman–Crippen MR) is 96.2 cm³/mol. The van der Waals surface area contributed by atoms with Crippen molar-refractivity contribution in [2.45, 2.75) is 45.6 Å². The van der Waals surface area contributed by atoms with Crippen molar-refractivity contribution in [2.75, 3.05) is 0 Å². The molecular weight excluding hydrogens is 348 g/mol. The Morgan fingerprint density at radius 2 is 1.96 bits per heavy atom. The smallest absolute Gasteiger partial charge is 0.344 e. The molecule has 4 amide bonds. The molecule has 142 valence electrons. The average Bonchev–Trinajstić information content (AvgIpc) is 3.12. The maximum absolute atomic E-state index is 12.9. The number of imide groups is 1. The van der Waals surface area contributed by atoms with Gasteiger partial charge in [-0.25, -0.2) is 4.79 Å². The van der Waals surface area contributed by atoms with Crippen LogP contribution in [-0.2, 0) is 21.5 Å². The molecule has 0 radical (unpaired) electrons. The van der Waals surface area contributed by atoms with Gasteiger partial charge in [-0.2, -0.15) is 5.01 Å². The Bertz CT molecular complexity index is 858. The van der Waals surface area contributed by atoms with E-state index in [9.17, 15) is 14.4 Å². The number of hydrazine groups is 1. The minimum atomic E-state index is -1.17. The van der Waals surface area contributed by atoms with Crippen LogP contribution in [0.5, 0.6) is 0 Å². The van der Waals surface area contributed by atoms with Crippen molar-refractivity contribution in [2.24, 2.45) is 0 Å². The number of aryl methyl sites for hydroxylation is 2. The quantitative estimate of drug-likeness (QED) is 0.758. The number of carbonyl (C=O) groups excluding carboxylic acids is 3. The van der Waals surface area contributed by atoms with E-state index < -0.39 is 23.4 Å². The first-order valence-corrected chi connectivity index (χ1v) is 8.82. The van der Waals surface area contributed by atoms with Gasteiger partial charge in [0.2, 0.25) is 5.91 Å². The molecule has 27 heavy (non-hydrogen) atoms. The lowest BCUT2D eigenvalue weighted by Crippen LogP contribution is -2.48. The fourth-order valence-corrected chi connectivity index (χ4v) is 3.32. The van der Waals surface area contributed by atoms with Gasteiger partial charge in [0.25, 0.3) is 5.91 Å². The third-order valence-electron chi connectivity index (χ3n) is 4.91. The van der Waals surface area contributed by atoms with Gasteiger partial charge in [0.15, 0.2) is 0 Å². The van der Waals surface area contributed by atoms with E-state index in [0.29, 0.717) is 24.2 Å². The average molecular weight is 370 g/mol. The second-order valence-corrected chi connectivity index (χ2v) is 6.53. The number of benzene rings is 1. The van der Waals surface area contributed by atoms with Crippen molar-refractivity contribution >= 4 is 17.8 Å². The lowest BCUT2D eigenvalue weighted by molar-refractivity contribution is -0.139. The van der Waals surface area contributed by atoms with E-state index in [1.165, 1.54) is 0 Å². The monoisotopic (exact) mass is 370 g/mol. The van der Waals surface area contributed by atoms with Crippen LogP contribution in [0.4, 0.5) is 4.79 Å². The van der Waals surface area contributed by atoms with Crippen LogP contribution in [0.3, 0.4) is 0 Å². The highest BCUT2D eigenvalue weighted by Gasteiger charge is 2.52. The number of rotatable bonds is 6. The molecule has 1 aliphatic rings. The van der Waals surface area contributed by atoms with Crippen molar-refractivity contribution in [3.8, 4) is 0 Å². The molecule has 8 nitrogen and oxygen atoms in total. The molecule has 2 aromatic rings. The first kappa shape index (κ1) is 18.6. The standard InChI is InChI=1S/C19H22N4O4/c1-4-19(14-8-6-5-7-9-14)17(25)23(18(26)20-19)21-16(24)11-10-15-12(2)22-27-13(15)3/h5-9H,4,10-11H2,1-3H3,(H,20,26)(H,21,24)/t19-/m1/s1. The molecule has 0 saturated carbocycles. The van der Waals surface area contributed by atoms with Gasteiger partial charge < -0.3 is 9.84 Å². The summed E-state index contributed by atoms with van der Waals surface area (Å²) in [6.07, 6.45) is 0.881. The molecule has 0 spiro atoms. The molecule has 1 aromatic heterocycles. The number of hydrogen-bond acceptors (Lipinski definition) is 5. The Balaban J connectivity index is 1.71. The van der Waals surface area contributed by atoms with Gasteiger partial charge in [0.05, 0.1) is 5.69 Å². The maximum atomic E-state index is 12.9. The zero-order valence-corrected chi connectivity index (χ0v) is 15.5. The van der Waals surface area contributed by atoms with Gasteiger partial charge in [0, 0.05) is 12.0 Å². The summed E-state index contributed by atoms with van der Waals surface area (Å²) in [6.45, 7) is 5.39. The first-order chi connectivity index (χ1) is 12.9. The summed E-state index contributed by atoms with van der Waals surface area (Å²) in [6, 6.07) is 8.36. The Morgan fingerprint density at radius 3 is 2.56 bits per heavy atom. The van der Waals surface area contributed by atoms with Crippen LogP contribution in [-0.4, -0.2) is 28.0 Å². The zero-order chi connectivity index (χ0) is 19.6. The van der Waals surface area contributed by atoms with Crippen LogP contribution in [0.2, 0.25) is 0 Å². The number of hydrogen-bond donors (Lipinski definition) is 2. The normalized spacial score (nSPS) is 19.3. The van der Waals surface area contributed by atoms with Crippen molar-refractivity contribution in [3.05, 3.63) is 52.9 Å². The second kappa shape index (κ2) is 7.22. The molecule has 2 heterocycles. The third kappa shape index (κ3) is 3.30. The van der Waals surface area contributed by atoms with Crippen LogP contribution in [0, 0.1) is 13.8 Å². The van der Waals surface area contributed by atoms with Gasteiger partial charge in [-0.05, 0) is 32.3 Å². The van der Waals surface area contributed by atoms with Crippen molar-refractivity contribution in [3.63, 3.8) is 0 Å². The SMILES string of the molecule is CC[C@]1(c2ccccc2)NC(=O)N(NC(=O)CCc2c(C)noc2C)C1=O. The number of nitrogens with zero attached hydrogens (tertiary/aromatic N) is 2. The van der Waals surface area contributed by atoms with Gasteiger partial charge in [-0.15, -0.1) is 0 Å². The minimum absolute atomic E-state index is 0.102. The van der Waals surface area contributed by atoms with E-state index in [2.05, 4.69) is 15.9 Å². The summed E-state index contributed by atoms with van der Waals surface area (Å²) in [5.41, 5.74) is 3.51. The van der Waals surface area contributed by atoms with E-state index in [-0.39, 0.29) is 6.42 Å². The number of nitrogens with one attached hydrogen (secondary N) is 2. The van der Waals surface area contributed by atoms with Crippen LogP contribution < -0.4 is 10.7 Å². The summed E-state index contributed by atoms with van der Waals surface area (Å²) in [5.74, 6) is -0.269. The van der Waals surface area contributed by atoms with Gasteiger partial charge >= 0.3 is 6.03 Å². The van der Waals surface area contributed by atoms with E-state index in [4.69, 9.17) is 4.52 Å². The van der Waals surface area contributed by atoms with E-state index >= 15 is 0 Å². The topological polar surface area (TPSA) is 105 Å². The highest BCUT2D eigenvalue weighted by molar-refractivity contribution is 6.08. The molecule has 1 aromatic carbocycles. The summed E-state index contributed by atoms with van der Waals surface area (Å²) >= 11 is 0. The summed E-state index contributed by atoms with van der Waals surface area (Å²) in [4.78, 5) is 37.6. The molecule has 1 atom stereocenters. The molecule has 0 aliphatic carbocycles. The fourth-order valence-electron chi connectivity index (χ4n) is 3.32. The van der Waals surface area contributed by atoms with E-state index in [1.807, 2.05) is 13.0 Å². The molecule has 8 heteroatoms. The first-order valence-electron chi connectivity index (χ1n) is 8.82. The van der Waals surface area contributed by atoms with Crippen molar-refractivity contribution in [1.29, 1.82) is 0 Å². The predicted octanol–water partition coefficient (Wildman–Crippen LogP) is 2.11. The minimum Gasteiger partial charge on any atom is -0.361 e. The Labute approximate surface area is 156 Å². The molecule has 3 rings (SSSR count). The Morgan fingerprint density at radius 1 is 1.26 bits per heavy atom. The van der Waals surface area contributed by atoms with Crippen LogP contribution in [0.1, 0.15) is 42.3 Å².